The van der Waals surface area contributed by atoms with Crippen LogP contribution in [0, 0.1) is 5.92 Å². The zero-order valence-corrected chi connectivity index (χ0v) is 20.4. The van der Waals surface area contributed by atoms with Crippen LogP contribution in [0.25, 0.3) is 10.8 Å². The van der Waals surface area contributed by atoms with Gasteiger partial charge in [0, 0.05) is 17.9 Å². The molecule has 2 N–H and O–H groups in total. The third kappa shape index (κ3) is 8.54. The molecule has 0 aliphatic carbocycles. The second kappa shape index (κ2) is 11.8. The van der Waals surface area contributed by atoms with Gasteiger partial charge in [-0.05, 0) is 56.9 Å². The molecule has 2 atom stereocenters. The molecule has 0 saturated carbocycles. The Morgan fingerprint density at radius 2 is 1.64 bits per heavy atom. The molecule has 0 spiro atoms. The summed E-state index contributed by atoms with van der Waals surface area (Å²) in [7, 11) is 0. The van der Waals surface area contributed by atoms with E-state index in [9.17, 15) is 19.2 Å². The first-order valence-electron chi connectivity index (χ1n) is 11.6. The molecule has 0 aliphatic rings. The van der Waals surface area contributed by atoms with Crippen LogP contribution in [0.4, 0.5) is 0 Å². The highest BCUT2D eigenvalue weighted by molar-refractivity contribution is 6.38. The van der Waals surface area contributed by atoms with Crippen LogP contribution in [0.3, 0.4) is 0 Å². The van der Waals surface area contributed by atoms with Crippen LogP contribution in [0.1, 0.15) is 59.4 Å². The smallest absolute Gasteiger partial charge is 0.289 e. The van der Waals surface area contributed by atoms with Gasteiger partial charge in [-0.15, -0.1) is 0 Å². The third-order valence-corrected chi connectivity index (χ3v) is 5.52. The van der Waals surface area contributed by atoms with Crippen molar-refractivity contribution in [3.8, 4) is 0 Å². The van der Waals surface area contributed by atoms with Crippen LogP contribution in [0.2, 0.25) is 0 Å². The van der Waals surface area contributed by atoms with E-state index in [-0.39, 0.29) is 30.1 Å². The molecule has 2 unspecified atom stereocenters. The number of amides is 1. The van der Waals surface area contributed by atoms with Gasteiger partial charge >= 0.3 is 0 Å². The van der Waals surface area contributed by atoms with E-state index in [4.69, 9.17) is 0 Å². The fourth-order valence-corrected chi connectivity index (χ4v) is 3.86. The normalized spacial score (nSPS) is 13.4. The van der Waals surface area contributed by atoms with Crippen molar-refractivity contribution in [2.24, 2.45) is 5.92 Å². The molecule has 2 rings (SSSR count). The van der Waals surface area contributed by atoms with Gasteiger partial charge < -0.3 is 10.6 Å². The quantitative estimate of drug-likeness (QED) is 0.478. The van der Waals surface area contributed by atoms with Crippen LogP contribution >= 0.6 is 0 Å². The fourth-order valence-electron chi connectivity index (χ4n) is 3.86. The Kier molecular flexibility index (Phi) is 9.47. The number of ketones is 3. The van der Waals surface area contributed by atoms with E-state index in [1.54, 1.807) is 0 Å². The summed E-state index contributed by atoms with van der Waals surface area (Å²) in [5.74, 6) is -2.16. The summed E-state index contributed by atoms with van der Waals surface area (Å²) in [6, 6.07) is 13.4. The molecular formula is C27H36N2O4. The van der Waals surface area contributed by atoms with Gasteiger partial charge in [0.15, 0.2) is 5.78 Å². The van der Waals surface area contributed by atoms with E-state index in [0.717, 1.165) is 22.8 Å². The number of Topliss-reactive ketones (excluding diaryl/α,β-unsaturated/α-hetero) is 3. The van der Waals surface area contributed by atoms with Gasteiger partial charge in [0.05, 0.1) is 12.6 Å². The summed E-state index contributed by atoms with van der Waals surface area (Å²) in [6.07, 6.45) is 1.76. The lowest BCUT2D eigenvalue weighted by molar-refractivity contribution is -0.140. The molecular weight excluding hydrogens is 416 g/mol. The van der Waals surface area contributed by atoms with E-state index < -0.39 is 23.7 Å². The van der Waals surface area contributed by atoms with Crippen molar-refractivity contribution in [2.45, 2.75) is 71.9 Å². The summed E-state index contributed by atoms with van der Waals surface area (Å²) in [5, 5.41) is 7.82. The first-order valence-corrected chi connectivity index (χ1v) is 11.6. The molecule has 6 nitrogen and oxygen atoms in total. The third-order valence-electron chi connectivity index (χ3n) is 5.52. The van der Waals surface area contributed by atoms with Gasteiger partial charge in [0.25, 0.3) is 5.91 Å². The Labute approximate surface area is 196 Å². The Morgan fingerprint density at radius 3 is 2.24 bits per heavy atom. The molecule has 0 radical (unpaired) electrons. The Balaban J connectivity index is 1.95. The topological polar surface area (TPSA) is 92.3 Å². The second-order valence-electron chi connectivity index (χ2n) is 9.72. The Morgan fingerprint density at radius 1 is 0.970 bits per heavy atom. The van der Waals surface area contributed by atoms with E-state index in [1.165, 1.54) is 6.92 Å². The van der Waals surface area contributed by atoms with Crippen LogP contribution in [-0.4, -0.2) is 41.4 Å². The number of carbonyl (C=O) groups excluding carboxylic acids is 4. The van der Waals surface area contributed by atoms with Crippen LogP contribution in [-0.2, 0) is 25.6 Å². The highest BCUT2D eigenvalue weighted by Gasteiger charge is 2.28. The van der Waals surface area contributed by atoms with Crippen molar-refractivity contribution < 1.29 is 19.2 Å². The lowest BCUT2D eigenvalue weighted by atomic mass is 9.90. The van der Waals surface area contributed by atoms with Gasteiger partial charge in [-0.2, -0.15) is 0 Å². The highest BCUT2D eigenvalue weighted by atomic mass is 16.2. The maximum Gasteiger partial charge on any atom is 0.289 e. The zero-order chi connectivity index (χ0) is 24.6. The summed E-state index contributed by atoms with van der Waals surface area (Å²) in [5.41, 5.74) is 0.667. The molecule has 0 heterocycles. The number of carbonyl (C=O) groups is 4. The minimum Gasteiger partial charge on any atom is -0.342 e. The Hall–Kier alpha value is -2.86. The molecule has 6 heteroatoms. The number of fused-ring (bicyclic) bond motifs is 1. The molecule has 0 bridgehead atoms. The van der Waals surface area contributed by atoms with Crippen molar-refractivity contribution >= 4 is 34.0 Å². The summed E-state index contributed by atoms with van der Waals surface area (Å²) in [4.78, 5) is 49.6. The van der Waals surface area contributed by atoms with Gasteiger partial charge in [-0.1, -0.05) is 55.8 Å². The minimum atomic E-state index is -0.771. The second-order valence-corrected chi connectivity index (χ2v) is 9.72. The predicted molar refractivity (Wildman–Crippen MR) is 131 cm³/mol. The van der Waals surface area contributed by atoms with E-state index in [2.05, 4.69) is 10.6 Å². The number of nitrogens with one attached hydrogen (secondary N) is 2. The number of hydrogen-bond donors (Lipinski definition) is 2. The number of hydrogen-bond acceptors (Lipinski definition) is 5. The first-order chi connectivity index (χ1) is 15.5. The molecule has 0 fully saturated rings. The molecule has 0 aromatic heterocycles. The molecule has 0 saturated heterocycles. The van der Waals surface area contributed by atoms with Crippen molar-refractivity contribution in [3.63, 3.8) is 0 Å². The summed E-state index contributed by atoms with van der Waals surface area (Å²) < 4.78 is 0. The standard InChI is InChI=1S/C27H36N2O4/c1-6-9-24(29-27(3,4)5)25(32)26(33)28-17-23(31)16-22(18(2)30)15-19-12-13-20-10-7-8-11-21(20)14-19/h7-8,10-14,22,24,29H,6,9,15-17H2,1-5H3,(H,28,33). The maximum atomic E-state index is 12.6. The molecule has 2 aromatic rings. The predicted octanol–water partition coefficient (Wildman–Crippen LogP) is 3.79. The molecule has 0 aliphatic heterocycles. The monoisotopic (exact) mass is 452 g/mol. The van der Waals surface area contributed by atoms with Crippen molar-refractivity contribution in [2.75, 3.05) is 6.54 Å². The van der Waals surface area contributed by atoms with E-state index in [0.29, 0.717) is 12.8 Å². The number of rotatable bonds is 12. The molecule has 178 valence electrons. The molecule has 1 amide bonds. The number of benzene rings is 2. The average Bonchev–Trinajstić information content (AvgIpc) is 2.75. The van der Waals surface area contributed by atoms with Crippen LogP contribution in [0.5, 0.6) is 0 Å². The fraction of sp³-hybridized carbons (Fsp3) is 0.481. The summed E-state index contributed by atoms with van der Waals surface area (Å²) in [6.45, 7) is 8.96. The lowest BCUT2D eigenvalue weighted by Gasteiger charge is -2.27. The largest absolute Gasteiger partial charge is 0.342 e. The zero-order valence-electron chi connectivity index (χ0n) is 20.4. The molecule has 2 aromatic carbocycles. The van der Waals surface area contributed by atoms with E-state index in [1.807, 2.05) is 70.2 Å². The summed E-state index contributed by atoms with van der Waals surface area (Å²) >= 11 is 0. The van der Waals surface area contributed by atoms with Crippen molar-refractivity contribution in [1.82, 2.24) is 10.6 Å². The van der Waals surface area contributed by atoms with Gasteiger partial charge in [-0.25, -0.2) is 0 Å². The molecule has 33 heavy (non-hydrogen) atoms. The van der Waals surface area contributed by atoms with Gasteiger partial charge in [0.1, 0.15) is 5.78 Å². The highest BCUT2D eigenvalue weighted by Crippen LogP contribution is 2.20. The van der Waals surface area contributed by atoms with Gasteiger partial charge in [-0.3, -0.25) is 19.2 Å². The van der Waals surface area contributed by atoms with Gasteiger partial charge in [0.2, 0.25) is 5.78 Å². The average molecular weight is 453 g/mol. The van der Waals surface area contributed by atoms with Crippen molar-refractivity contribution in [3.05, 3.63) is 48.0 Å². The minimum absolute atomic E-state index is 0.0231. The van der Waals surface area contributed by atoms with Crippen LogP contribution in [0.15, 0.2) is 42.5 Å². The lowest BCUT2D eigenvalue weighted by Crippen LogP contribution is -2.52. The first kappa shape index (κ1) is 26.4. The van der Waals surface area contributed by atoms with Crippen molar-refractivity contribution in [1.29, 1.82) is 0 Å². The Bertz CT molecular complexity index is 1010. The van der Waals surface area contributed by atoms with E-state index >= 15 is 0 Å². The SMILES string of the molecule is CCCC(NC(C)(C)C)C(=O)C(=O)NCC(=O)CC(Cc1ccc2ccccc2c1)C(C)=O. The maximum absolute atomic E-state index is 12.6. The van der Waals surface area contributed by atoms with Crippen LogP contribution < -0.4 is 10.6 Å².